The van der Waals surface area contributed by atoms with Crippen molar-refractivity contribution in [1.82, 2.24) is 14.8 Å². The SMILES string of the molecule is COCCn1c(CBr)nnc1CC1CCCCC1. The summed E-state index contributed by atoms with van der Waals surface area (Å²) in [7, 11) is 1.74. The van der Waals surface area contributed by atoms with Crippen molar-refractivity contribution >= 4 is 15.9 Å². The van der Waals surface area contributed by atoms with Crippen molar-refractivity contribution in [3.63, 3.8) is 0 Å². The zero-order valence-corrected chi connectivity index (χ0v) is 12.7. The second-order valence-electron chi connectivity index (χ2n) is 5.02. The van der Waals surface area contributed by atoms with Gasteiger partial charge in [0.05, 0.1) is 11.9 Å². The second kappa shape index (κ2) is 7.24. The summed E-state index contributed by atoms with van der Waals surface area (Å²) in [6.07, 6.45) is 7.93. The molecule has 1 saturated carbocycles. The molecule has 0 bridgehead atoms. The smallest absolute Gasteiger partial charge is 0.143 e. The summed E-state index contributed by atoms with van der Waals surface area (Å²) < 4.78 is 7.38. The molecule has 1 aliphatic carbocycles. The van der Waals surface area contributed by atoms with Crippen LogP contribution < -0.4 is 0 Å². The third kappa shape index (κ3) is 3.54. The van der Waals surface area contributed by atoms with Crippen LogP contribution >= 0.6 is 15.9 Å². The second-order valence-corrected chi connectivity index (χ2v) is 5.58. The first-order valence-electron chi connectivity index (χ1n) is 6.81. The van der Waals surface area contributed by atoms with Crippen LogP contribution in [0.1, 0.15) is 43.8 Å². The van der Waals surface area contributed by atoms with Crippen LogP contribution in [0.4, 0.5) is 0 Å². The average molecular weight is 316 g/mol. The fraction of sp³-hybridized carbons (Fsp3) is 0.846. The van der Waals surface area contributed by atoms with Crippen LogP contribution in [0.5, 0.6) is 0 Å². The van der Waals surface area contributed by atoms with E-state index >= 15 is 0 Å². The van der Waals surface area contributed by atoms with Crippen LogP contribution in [0.15, 0.2) is 0 Å². The standard InChI is InChI=1S/C13H22BrN3O/c1-18-8-7-17-12(15-16-13(17)10-14)9-11-5-3-2-4-6-11/h11H,2-10H2,1H3. The number of alkyl halides is 1. The van der Waals surface area contributed by atoms with E-state index in [1.165, 1.54) is 32.1 Å². The van der Waals surface area contributed by atoms with Crippen molar-refractivity contribution in [2.24, 2.45) is 5.92 Å². The molecule has 0 radical (unpaired) electrons. The number of nitrogens with zero attached hydrogens (tertiary/aromatic N) is 3. The highest BCUT2D eigenvalue weighted by Gasteiger charge is 2.18. The van der Waals surface area contributed by atoms with Crippen molar-refractivity contribution < 1.29 is 4.74 Å². The van der Waals surface area contributed by atoms with Gasteiger partial charge in [0.25, 0.3) is 0 Å². The van der Waals surface area contributed by atoms with Gasteiger partial charge in [0.15, 0.2) is 0 Å². The molecule has 0 unspecified atom stereocenters. The largest absolute Gasteiger partial charge is 0.383 e. The zero-order valence-electron chi connectivity index (χ0n) is 11.1. The van der Waals surface area contributed by atoms with Crippen molar-refractivity contribution in [2.75, 3.05) is 13.7 Å². The zero-order chi connectivity index (χ0) is 12.8. The molecule has 0 saturated heterocycles. The maximum absolute atomic E-state index is 5.17. The minimum atomic E-state index is 0.718. The Kier molecular flexibility index (Phi) is 5.63. The van der Waals surface area contributed by atoms with Gasteiger partial charge < -0.3 is 9.30 Å². The van der Waals surface area contributed by atoms with E-state index in [0.717, 1.165) is 42.5 Å². The third-order valence-electron chi connectivity index (χ3n) is 3.74. The van der Waals surface area contributed by atoms with Gasteiger partial charge in [-0.25, -0.2) is 0 Å². The fourth-order valence-corrected chi connectivity index (χ4v) is 3.13. The highest BCUT2D eigenvalue weighted by Crippen LogP contribution is 2.26. The Labute approximate surface area is 117 Å². The summed E-state index contributed by atoms with van der Waals surface area (Å²) in [5, 5.41) is 9.38. The predicted molar refractivity (Wildman–Crippen MR) is 74.8 cm³/mol. The maximum atomic E-state index is 5.17. The Balaban J connectivity index is 2.03. The van der Waals surface area contributed by atoms with Gasteiger partial charge >= 0.3 is 0 Å². The molecule has 0 aliphatic heterocycles. The van der Waals surface area contributed by atoms with E-state index in [1.54, 1.807) is 7.11 Å². The van der Waals surface area contributed by atoms with Crippen LogP contribution in [0.25, 0.3) is 0 Å². The first kappa shape index (κ1) is 14.0. The van der Waals surface area contributed by atoms with Gasteiger partial charge in [0, 0.05) is 20.1 Å². The van der Waals surface area contributed by atoms with E-state index in [0.29, 0.717) is 0 Å². The molecule has 102 valence electrons. The van der Waals surface area contributed by atoms with Gasteiger partial charge in [0.2, 0.25) is 0 Å². The predicted octanol–water partition coefficient (Wildman–Crippen LogP) is 2.94. The quantitative estimate of drug-likeness (QED) is 0.758. The first-order chi connectivity index (χ1) is 8.85. The molecule has 4 nitrogen and oxygen atoms in total. The van der Waals surface area contributed by atoms with Crippen molar-refractivity contribution in [3.8, 4) is 0 Å². The van der Waals surface area contributed by atoms with Gasteiger partial charge in [0.1, 0.15) is 11.6 Å². The normalized spacial score (nSPS) is 17.2. The highest BCUT2D eigenvalue weighted by molar-refractivity contribution is 9.08. The van der Waals surface area contributed by atoms with Gasteiger partial charge in [-0.1, -0.05) is 48.0 Å². The lowest BCUT2D eigenvalue weighted by Crippen LogP contribution is -2.16. The van der Waals surface area contributed by atoms with Crippen LogP contribution in [-0.4, -0.2) is 28.5 Å². The Bertz CT molecular complexity index is 361. The average Bonchev–Trinajstić information content (AvgIpc) is 2.79. The number of hydrogen-bond donors (Lipinski definition) is 0. The topological polar surface area (TPSA) is 39.9 Å². The molecule has 0 N–H and O–H groups in total. The van der Waals surface area contributed by atoms with E-state index in [4.69, 9.17) is 4.74 Å². The molecular formula is C13H22BrN3O. The number of ether oxygens (including phenoxy) is 1. The number of rotatable bonds is 6. The molecule has 1 fully saturated rings. The Morgan fingerprint density at radius 2 is 1.94 bits per heavy atom. The number of aromatic nitrogens is 3. The van der Waals surface area contributed by atoms with E-state index in [9.17, 15) is 0 Å². The Hall–Kier alpha value is -0.420. The molecule has 5 heteroatoms. The summed E-state index contributed by atoms with van der Waals surface area (Å²) in [4.78, 5) is 0. The number of methoxy groups -OCH3 is 1. The molecule has 1 heterocycles. The third-order valence-corrected chi connectivity index (χ3v) is 4.24. The number of hydrogen-bond acceptors (Lipinski definition) is 3. The lowest BCUT2D eigenvalue weighted by atomic mass is 9.87. The van der Waals surface area contributed by atoms with Crippen molar-refractivity contribution in [3.05, 3.63) is 11.6 Å². The van der Waals surface area contributed by atoms with Crippen LogP contribution in [0, 0.1) is 5.92 Å². The summed E-state index contributed by atoms with van der Waals surface area (Å²) in [6.45, 7) is 1.57. The fourth-order valence-electron chi connectivity index (χ4n) is 2.71. The summed E-state index contributed by atoms with van der Waals surface area (Å²) in [6, 6.07) is 0. The van der Waals surface area contributed by atoms with Gasteiger partial charge in [-0.15, -0.1) is 10.2 Å². The van der Waals surface area contributed by atoms with Gasteiger partial charge in [-0.2, -0.15) is 0 Å². The molecule has 1 aromatic heterocycles. The lowest BCUT2D eigenvalue weighted by molar-refractivity contribution is 0.185. The molecule has 1 aliphatic rings. The molecule has 0 atom stereocenters. The van der Waals surface area contributed by atoms with Gasteiger partial charge in [-0.05, 0) is 5.92 Å². The molecule has 18 heavy (non-hydrogen) atoms. The summed E-state index contributed by atoms with van der Waals surface area (Å²) in [5.41, 5.74) is 0. The number of halogens is 1. The van der Waals surface area contributed by atoms with E-state index in [2.05, 4.69) is 30.7 Å². The minimum absolute atomic E-state index is 0.718. The molecule has 0 amide bonds. The minimum Gasteiger partial charge on any atom is -0.383 e. The summed E-state index contributed by atoms with van der Waals surface area (Å²) in [5.74, 6) is 2.94. The van der Waals surface area contributed by atoms with E-state index in [-0.39, 0.29) is 0 Å². The van der Waals surface area contributed by atoms with Crippen LogP contribution in [0.2, 0.25) is 0 Å². The molecule has 0 spiro atoms. The highest BCUT2D eigenvalue weighted by atomic mass is 79.9. The van der Waals surface area contributed by atoms with Crippen LogP contribution in [-0.2, 0) is 23.0 Å². The lowest BCUT2D eigenvalue weighted by Gasteiger charge is -2.21. The first-order valence-corrected chi connectivity index (χ1v) is 7.93. The Morgan fingerprint density at radius 3 is 2.61 bits per heavy atom. The van der Waals surface area contributed by atoms with Crippen molar-refractivity contribution in [2.45, 2.75) is 50.4 Å². The molecular weight excluding hydrogens is 294 g/mol. The summed E-state index contributed by atoms with van der Waals surface area (Å²) >= 11 is 3.47. The van der Waals surface area contributed by atoms with Crippen molar-refractivity contribution in [1.29, 1.82) is 0 Å². The Morgan fingerprint density at radius 1 is 1.22 bits per heavy atom. The monoisotopic (exact) mass is 315 g/mol. The van der Waals surface area contributed by atoms with E-state index < -0.39 is 0 Å². The molecule has 1 aromatic rings. The maximum Gasteiger partial charge on any atom is 0.143 e. The van der Waals surface area contributed by atoms with Gasteiger partial charge in [-0.3, -0.25) is 0 Å². The molecule has 0 aromatic carbocycles. The van der Waals surface area contributed by atoms with E-state index in [1.807, 2.05) is 0 Å². The molecule has 2 rings (SSSR count). The van der Waals surface area contributed by atoms with Crippen LogP contribution in [0.3, 0.4) is 0 Å².